The smallest absolute Gasteiger partial charge is 0.303 e. The summed E-state index contributed by atoms with van der Waals surface area (Å²) in [4.78, 5) is 28.4. The Labute approximate surface area is 135 Å². The van der Waals surface area contributed by atoms with Gasteiger partial charge in [-0.1, -0.05) is 12.8 Å². The van der Waals surface area contributed by atoms with Gasteiger partial charge in [-0.2, -0.15) is 0 Å². The number of carbonyl (C=O) groups excluding carboxylic acids is 1. The lowest BCUT2D eigenvalue weighted by atomic mass is 9.98. The zero-order valence-corrected chi connectivity index (χ0v) is 14.3. The van der Waals surface area contributed by atoms with Crippen LogP contribution in [0.3, 0.4) is 0 Å². The number of nitrogens with one attached hydrogen (secondary N) is 1. The van der Waals surface area contributed by atoms with E-state index in [1.165, 1.54) is 24.2 Å². The number of carboxylic acids is 1. The van der Waals surface area contributed by atoms with E-state index in [1.807, 2.05) is 20.8 Å². The Kier molecular flexibility index (Phi) is 5.21. The lowest BCUT2D eigenvalue weighted by molar-refractivity contribution is -0.137. The topological polar surface area (TPSA) is 79.3 Å². The first kappa shape index (κ1) is 16.9. The van der Waals surface area contributed by atoms with Gasteiger partial charge in [0.2, 0.25) is 0 Å². The monoisotopic (exact) mass is 324 g/mol. The van der Waals surface area contributed by atoms with Gasteiger partial charge in [0.05, 0.1) is 10.7 Å². The fourth-order valence-electron chi connectivity index (χ4n) is 2.82. The molecule has 0 atom stereocenters. The van der Waals surface area contributed by atoms with Gasteiger partial charge >= 0.3 is 5.97 Å². The number of aliphatic carboxylic acids is 1. The lowest BCUT2D eigenvalue weighted by Crippen LogP contribution is -2.43. The fourth-order valence-corrected chi connectivity index (χ4v) is 3.95. The van der Waals surface area contributed by atoms with E-state index in [1.54, 1.807) is 0 Å². The summed E-state index contributed by atoms with van der Waals surface area (Å²) in [5.74, 6) is -0.486. The highest BCUT2D eigenvalue weighted by atomic mass is 32.1. The summed E-state index contributed by atoms with van der Waals surface area (Å²) in [6.45, 7) is 5.57. The number of carbonyl (C=O) groups is 2. The molecule has 2 N–H and O–H groups in total. The molecule has 6 heteroatoms. The first-order valence-corrected chi connectivity index (χ1v) is 8.62. The van der Waals surface area contributed by atoms with Crippen molar-refractivity contribution >= 4 is 23.2 Å². The van der Waals surface area contributed by atoms with Crippen molar-refractivity contribution in [3.8, 4) is 0 Å². The number of thiazole rings is 1. The first-order chi connectivity index (χ1) is 10.3. The minimum Gasteiger partial charge on any atom is -0.481 e. The maximum absolute atomic E-state index is 12.5. The van der Waals surface area contributed by atoms with Crippen LogP contribution in [0.25, 0.3) is 0 Å². The predicted molar refractivity (Wildman–Crippen MR) is 86.5 cm³/mol. The van der Waals surface area contributed by atoms with Gasteiger partial charge < -0.3 is 10.4 Å². The molecule has 1 saturated carbocycles. The first-order valence-electron chi connectivity index (χ1n) is 7.80. The summed E-state index contributed by atoms with van der Waals surface area (Å²) in [5.41, 5.74) is 0.234. The summed E-state index contributed by atoms with van der Waals surface area (Å²) in [6.07, 6.45) is 5.26. The summed E-state index contributed by atoms with van der Waals surface area (Å²) in [7, 11) is 0. The van der Waals surface area contributed by atoms with Crippen LogP contribution >= 0.6 is 11.3 Å². The average molecular weight is 324 g/mol. The van der Waals surface area contributed by atoms with Crippen molar-refractivity contribution in [2.24, 2.45) is 0 Å². The molecule has 1 aromatic rings. The molecule has 0 bridgehead atoms. The van der Waals surface area contributed by atoms with Crippen LogP contribution in [0.5, 0.6) is 0 Å². The molecule has 1 amide bonds. The number of hydrogen-bond acceptors (Lipinski definition) is 4. The number of rotatable bonds is 6. The fraction of sp³-hybridized carbons (Fsp3) is 0.688. The van der Waals surface area contributed by atoms with Gasteiger partial charge in [-0.25, -0.2) is 4.98 Å². The molecule has 0 spiro atoms. The molecule has 0 radical (unpaired) electrons. The van der Waals surface area contributed by atoms with Gasteiger partial charge in [-0.3, -0.25) is 9.59 Å². The molecule has 1 heterocycles. The number of aromatic nitrogens is 1. The van der Waals surface area contributed by atoms with Crippen molar-refractivity contribution in [2.75, 3.05) is 0 Å². The lowest BCUT2D eigenvalue weighted by Gasteiger charge is -2.25. The second kappa shape index (κ2) is 6.77. The van der Waals surface area contributed by atoms with Crippen LogP contribution in [-0.4, -0.2) is 27.5 Å². The second-order valence-corrected chi connectivity index (χ2v) is 7.71. The predicted octanol–water partition coefficient (Wildman–Crippen LogP) is 3.48. The third kappa shape index (κ3) is 4.29. The zero-order valence-electron chi connectivity index (χ0n) is 13.4. The van der Waals surface area contributed by atoms with Crippen LogP contribution in [0, 0.1) is 6.92 Å². The SMILES string of the molecule is Cc1nc(C2CCCC2)sc1C(=O)NC(C)(C)CCC(=O)O. The van der Waals surface area contributed by atoms with Crippen LogP contribution < -0.4 is 5.32 Å². The highest BCUT2D eigenvalue weighted by molar-refractivity contribution is 7.13. The van der Waals surface area contributed by atoms with E-state index >= 15 is 0 Å². The molecular weight excluding hydrogens is 300 g/mol. The standard InChI is InChI=1S/C16H24N2O3S/c1-10-13(22-15(17-10)11-6-4-5-7-11)14(21)18-16(2,3)9-8-12(19)20/h11H,4-9H2,1-3H3,(H,18,21)(H,19,20). The highest BCUT2D eigenvalue weighted by Crippen LogP contribution is 2.37. The van der Waals surface area contributed by atoms with E-state index in [0.717, 1.165) is 23.5 Å². The average Bonchev–Trinajstić information content (AvgIpc) is 3.04. The minimum atomic E-state index is -0.847. The van der Waals surface area contributed by atoms with Gasteiger partial charge in [0.15, 0.2) is 0 Å². The molecule has 0 aliphatic heterocycles. The normalized spacial score (nSPS) is 16.0. The Bertz CT molecular complexity index is 560. The molecule has 2 rings (SSSR count). The third-order valence-electron chi connectivity index (χ3n) is 4.14. The molecular formula is C16H24N2O3S. The van der Waals surface area contributed by atoms with Gasteiger partial charge in [0, 0.05) is 17.9 Å². The number of amides is 1. The molecule has 1 fully saturated rings. The molecule has 1 aromatic heterocycles. The van der Waals surface area contributed by atoms with Crippen molar-refractivity contribution in [1.82, 2.24) is 10.3 Å². The quantitative estimate of drug-likeness (QED) is 0.839. The van der Waals surface area contributed by atoms with E-state index in [4.69, 9.17) is 5.11 Å². The van der Waals surface area contributed by atoms with Crippen molar-refractivity contribution in [2.45, 2.75) is 70.8 Å². The number of carboxylic acid groups (broad SMARTS) is 1. The maximum atomic E-state index is 12.5. The molecule has 1 aliphatic carbocycles. The maximum Gasteiger partial charge on any atom is 0.303 e. The van der Waals surface area contributed by atoms with Crippen LogP contribution in [-0.2, 0) is 4.79 Å². The summed E-state index contributed by atoms with van der Waals surface area (Å²) in [5, 5.41) is 12.8. The van der Waals surface area contributed by atoms with E-state index in [-0.39, 0.29) is 12.3 Å². The van der Waals surface area contributed by atoms with Crippen molar-refractivity contribution < 1.29 is 14.7 Å². The van der Waals surface area contributed by atoms with Crippen LogP contribution in [0.1, 0.15) is 78.7 Å². The summed E-state index contributed by atoms with van der Waals surface area (Å²) >= 11 is 1.49. The Morgan fingerprint density at radius 3 is 2.59 bits per heavy atom. The summed E-state index contributed by atoms with van der Waals surface area (Å²) < 4.78 is 0. The number of nitrogens with zero attached hydrogens (tertiary/aromatic N) is 1. The Morgan fingerprint density at radius 1 is 1.36 bits per heavy atom. The molecule has 122 valence electrons. The van der Waals surface area contributed by atoms with Crippen LogP contribution in [0.15, 0.2) is 0 Å². The van der Waals surface area contributed by atoms with E-state index in [2.05, 4.69) is 10.3 Å². The van der Waals surface area contributed by atoms with Gasteiger partial charge in [0.1, 0.15) is 4.88 Å². The largest absolute Gasteiger partial charge is 0.481 e. The van der Waals surface area contributed by atoms with Crippen LogP contribution in [0.2, 0.25) is 0 Å². The van der Waals surface area contributed by atoms with Crippen molar-refractivity contribution in [3.05, 3.63) is 15.6 Å². The molecule has 0 saturated heterocycles. The molecule has 22 heavy (non-hydrogen) atoms. The number of hydrogen-bond donors (Lipinski definition) is 2. The second-order valence-electron chi connectivity index (χ2n) is 6.68. The zero-order chi connectivity index (χ0) is 16.3. The Balaban J connectivity index is 2.04. The number of aryl methyl sites for hydroxylation is 1. The minimum absolute atomic E-state index is 0.0439. The van der Waals surface area contributed by atoms with E-state index < -0.39 is 11.5 Å². The molecule has 5 nitrogen and oxygen atoms in total. The summed E-state index contributed by atoms with van der Waals surface area (Å²) in [6, 6.07) is 0. The van der Waals surface area contributed by atoms with Gasteiger partial charge in [0.25, 0.3) is 5.91 Å². The van der Waals surface area contributed by atoms with E-state index in [0.29, 0.717) is 17.2 Å². The third-order valence-corrected chi connectivity index (χ3v) is 5.46. The Morgan fingerprint density at radius 2 is 2.00 bits per heavy atom. The van der Waals surface area contributed by atoms with Crippen molar-refractivity contribution in [3.63, 3.8) is 0 Å². The van der Waals surface area contributed by atoms with Crippen molar-refractivity contribution in [1.29, 1.82) is 0 Å². The van der Waals surface area contributed by atoms with Gasteiger partial charge in [-0.05, 0) is 40.0 Å². The van der Waals surface area contributed by atoms with Crippen LogP contribution in [0.4, 0.5) is 0 Å². The molecule has 1 aliphatic rings. The van der Waals surface area contributed by atoms with E-state index in [9.17, 15) is 9.59 Å². The molecule has 0 unspecified atom stereocenters. The Hall–Kier alpha value is -1.43. The van der Waals surface area contributed by atoms with Gasteiger partial charge in [-0.15, -0.1) is 11.3 Å². The highest BCUT2D eigenvalue weighted by Gasteiger charge is 2.27. The molecule has 0 aromatic carbocycles.